The Bertz CT molecular complexity index is 1430. The number of carbonyl (C=O) groups excluding carboxylic acids is 2. The number of piperazine rings is 1. The van der Waals surface area contributed by atoms with Gasteiger partial charge in [0.15, 0.2) is 5.82 Å². The summed E-state index contributed by atoms with van der Waals surface area (Å²) in [5, 5.41) is 8.89. The number of benzene rings is 3. The maximum absolute atomic E-state index is 13.6. The van der Waals surface area contributed by atoms with E-state index in [1.807, 2.05) is 85.5 Å². The van der Waals surface area contributed by atoms with Crippen LogP contribution in [-0.4, -0.2) is 64.5 Å². The number of aryl methyl sites for hydroxylation is 2. The second-order valence-electron chi connectivity index (χ2n) is 10.4. The molecular weight excluding hydrogens is 498 g/mol. The first kappa shape index (κ1) is 27.1. The van der Waals surface area contributed by atoms with Crippen molar-refractivity contribution in [3.63, 3.8) is 0 Å². The van der Waals surface area contributed by atoms with Crippen molar-refractivity contribution in [1.82, 2.24) is 20.0 Å². The summed E-state index contributed by atoms with van der Waals surface area (Å²) < 4.78 is 0. The van der Waals surface area contributed by atoms with Gasteiger partial charge < -0.3 is 14.7 Å². The number of nitrogens with zero attached hydrogens (tertiary/aromatic N) is 5. The van der Waals surface area contributed by atoms with Crippen LogP contribution in [-0.2, 0) is 4.79 Å². The highest BCUT2D eigenvalue weighted by Gasteiger charge is 2.29. The van der Waals surface area contributed by atoms with Crippen LogP contribution in [0, 0.1) is 13.8 Å². The minimum absolute atomic E-state index is 0.0216. The third kappa shape index (κ3) is 6.20. The standard InChI is InChI=1S/C33H35N5O2/c1-24-9-13-28(14-10-24)30-17-18-31(35-34-30)36-19-21-37(22-20-36)32(39)23-38(26(3)27-7-5-4-6-8-27)33(40)29-15-11-25(2)12-16-29/h4-18,26H,19-23H2,1-3H3. The highest BCUT2D eigenvalue weighted by atomic mass is 16.2. The van der Waals surface area contributed by atoms with E-state index < -0.39 is 0 Å². The van der Waals surface area contributed by atoms with Crippen molar-refractivity contribution in [2.75, 3.05) is 37.6 Å². The molecule has 1 aliphatic rings. The summed E-state index contributed by atoms with van der Waals surface area (Å²) in [6.45, 7) is 8.49. The van der Waals surface area contributed by atoms with Crippen LogP contribution >= 0.6 is 0 Å². The summed E-state index contributed by atoms with van der Waals surface area (Å²) in [5.41, 5.74) is 5.74. The Morgan fingerprint density at radius 2 is 1.40 bits per heavy atom. The van der Waals surface area contributed by atoms with Crippen LogP contribution in [0.2, 0.25) is 0 Å². The number of amides is 2. The molecule has 2 amide bonds. The van der Waals surface area contributed by atoms with E-state index in [2.05, 4.69) is 46.3 Å². The quantitative estimate of drug-likeness (QED) is 0.322. The van der Waals surface area contributed by atoms with Gasteiger partial charge in [-0.05, 0) is 50.6 Å². The van der Waals surface area contributed by atoms with Crippen LogP contribution in [0.3, 0.4) is 0 Å². The van der Waals surface area contributed by atoms with Crippen molar-refractivity contribution in [1.29, 1.82) is 0 Å². The molecule has 5 rings (SSSR count). The Morgan fingerprint density at radius 3 is 2.00 bits per heavy atom. The molecule has 0 bridgehead atoms. The van der Waals surface area contributed by atoms with Gasteiger partial charge >= 0.3 is 0 Å². The van der Waals surface area contributed by atoms with Crippen LogP contribution in [0.1, 0.15) is 40.0 Å². The fourth-order valence-corrected chi connectivity index (χ4v) is 4.96. The van der Waals surface area contributed by atoms with Gasteiger partial charge in [0.1, 0.15) is 6.54 Å². The van der Waals surface area contributed by atoms with Crippen LogP contribution in [0.5, 0.6) is 0 Å². The van der Waals surface area contributed by atoms with Crippen LogP contribution in [0.4, 0.5) is 5.82 Å². The minimum Gasteiger partial charge on any atom is -0.352 e. The molecule has 40 heavy (non-hydrogen) atoms. The predicted molar refractivity (Wildman–Crippen MR) is 158 cm³/mol. The van der Waals surface area contributed by atoms with Crippen molar-refractivity contribution in [3.8, 4) is 11.3 Å². The van der Waals surface area contributed by atoms with E-state index in [1.165, 1.54) is 5.56 Å². The molecule has 1 unspecified atom stereocenters. The fourth-order valence-electron chi connectivity index (χ4n) is 4.96. The van der Waals surface area contributed by atoms with Gasteiger partial charge in [-0.25, -0.2) is 0 Å². The van der Waals surface area contributed by atoms with E-state index in [0.29, 0.717) is 31.7 Å². The average Bonchev–Trinajstić information content (AvgIpc) is 3.00. The summed E-state index contributed by atoms with van der Waals surface area (Å²) in [6.07, 6.45) is 0. The minimum atomic E-state index is -0.248. The van der Waals surface area contributed by atoms with E-state index in [9.17, 15) is 9.59 Å². The molecule has 0 aliphatic carbocycles. The number of carbonyl (C=O) groups is 2. The first-order valence-electron chi connectivity index (χ1n) is 13.7. The first-order valence-corrected chi connectivity index (χ1v) is 13.7. The third-order valence-electron chi connectivity index (χ3n) is 7.57. The van der Waals surface area contributed by atoms with Crippen molar-refractivity contribution in [2.45, 2.75) is 26.8 Å². The molecule has 3 aromatic carbocycles. The maximum Gasteiger partial charge on any atom is 0.254 e. The SMILES string of the molecule is Cc1ccc(C(=O)N(CC(=O)N2CCN(c3ccc(-c4ccc(C)cc4)nn3)CC2)C(C)c2ccccc2)cc1. The zero-order valence-corrected chi connectivity index (χ0v) is 23.3. The van der Waals surface area contributed by atoms with Gasteiger partial charge in [0.25, 0.3) is 5.91 Å². The predicted octanol–water partition coefficient (Wildman–Crippen LogP) is 5.31. The Kier molecular flexibility index (Phi) is 8.20. The smallest absolute Gasteiger partial charge is 0.254 e. The normalized spacial score (nSPS) is 14.1. The number of aromatic nitrogens is 2. The molecule has 7 nitrogen and oxygen atoms in total. The van der Waals surface area contributed by atoms with Crippen molar-refractivity contribution < 1.29 is 9.59 Å². The lowest BCUT2D eigenvalue weighted by molar-refractivity contribution is -0.132. The summed E-state index contributed by atoms with van der Waals surface area (Å²) >= 11 is 0. The van der Waals surface area contributed by atoms with Gasteiger partial charge in [-0.1, -0.05) is 77.9 Å². The molecule has 2 heterocycles. The zero-order chi connectivity index (χ0) is 28.1. The summed E-state index contributed by atoms with van der Waals surface area (Å²) in [5.74, 6) is 0.604. The molecule has 0 spiro atoms. The lowest BCUT2D eigenvalue weighted by atomic mass is 10.0. The Balaban J connectivity index is 1.24. The molecule has 1 aliphatic heterocycles. The Labute approximate surface area is 236 Å². The van der Waals surface area contributed by atoms with Gasteiger partial charge in [-0.3, -0.25) is 9.59 Å². The highest BCUT2D eigenvalue weighted by molar-refractivity contribution is 5.97. The molecule has 1 saturated heterocycles. The monoisotopic (exact) mass is 533 g/mol. The summed E-state index contributed by atoms with van der Waals surface area (Å²) in [7, 11) is 0. The molecule has 0 saturated carbocycles. The van der Waals surface area contributed by atoms with Gasteiger partial charge in [-0.2, -0.15) is 0 Å². The second-order valence-corrected chi connectivity index (χ2v) is 10.4. The fraction of sp³-hybridized carbons (Fsp3) is 0.273. The van der Waals surface area contributed by atoms with Gasteiger partial charge in [0.2, 0.25) is 5.91 Å². The molecule has 4 aromatic rings. The molecule has 1 aromatic heterocycles. The highest BCUT2D eigenvalue weighted by Crippen LogP contribution is 2.24. The van der Waals surface area contributed by atoms with Crippen LogP contribution in [0.15, 0.2) is 91.0 Å². The summed E-state index contributed by atoms with van der Waals surface area (Å²) in [6, 6.07) is 29.3. The Morgan fingerprint density at radius 1 is 0.775 bits per heavy atom. The molecule has 1 fully saturated rings. The zero-order valence-electron chi connectivity index (χ0n) is 23.3. The average molecular weight is 534 g/mol. The molecular formula is C33H35N5O2. The molecule has 0 radical (unpaired) electrons. The topological polar surface area (TPSA) is 69.6 Å². The summed E-state index contributed by atoms with van der Waals surface area (Å²) in [4.78, 5) is 32.8. The largest absolute Gasteiger partial charge is 0.352 e. The van der Waals surface area contributed by atoms with Crippen LogP contribution < -0.4 is 4.90 Å². The molecule has 7 heteroatoms. The number of hydrogen-bond donors (Lipinski definition) is 0. The lowest BCUT2D eigenvalue weighted by Crippen LogP contribution is -2.52. The molecule has 0 N–H and O–H groups in total. The molecule has 204 valence electrons. The van der Waals surface area contributed by atoms with Crippen LogP contribution in [0.25, 0.3) is 11.3 Å². The second kappa shape index (κ2) is 12.1. The van der Waals surface area contributed by atoms with E-state index in [1.54, 1.807) is 4.90 Å². The maximum atomic E-state index is 13.6. The first-order chi connectivity index (χ1) is 19.4. The number of rotatable bonds is 7. The lowest BCUT2D eigenvalue weighted by Gasteiger charge is -2.37. The van der Waals surface area contributed by atoms with Crippen molar-refractivity contribution >= 4 is 17.6 Å². The van der Waals surface area contributed by atoms with Gasteiger partial charge in [0.05, 0.1) is 11.7 Å². The van der Waals surface area contributed by atoms with Gasteiger partial charge in [0, 0.05) is 37.3 Å². The third-order valence-corrected chi connectivity index (χ3v) is 7.57. The van der Waals surface area contributed by atoms with Gasteiger partial charge in [-0.15, -0.1) is 10.2 Å². The molecule has 1 atom stereocenters. The van der Waals surface area contributed by atoms with E-state index in [0.717, 1.165) is 28.2 Å². The Hall–Kier alpha value is -4.52. The van der Waals surface area contributed by atoms with Crippen molar-refractivity contribution in [2.24, 2.45) is 0 Å². The van der Waals surface area contributed by atoms with Crippen molar-refractivity contribution in [3.05, 3.63) is 113 Å². The van der Waals surface area contributed by atoms with E-state index in [-0.39, 0.29) is 24.4 Å². The van der Waals surface area contributed by atoms with E-state index >= 15 is 0 Å². The number of anilines is 1. The van der Waals surface area contributed by atoms with E-state index in [4.69, 9.17) is 0 Å². The number of hydrogen-bond acceptors (Lipinski definition) is 5.